The largest absolute Gasteiger partial charge is 0.496 e. The van der Waals surface area contributed by atoms with Gasteiger partial charge in [0.1, 0.15) is 17.2 Å². The first-order valence-corrected chi connectivity index (χ1v) is 7.93. The summed E-state index contributed by atoms with van der Waals surface area (Å²) < 4.78 is 10.1. The molecule has 0 spiro atoms. The Bertz CT molecular complexity index is 916. The minimum Gasteiger partial charge on any atom is -0.496 e. The van der Waals surface area contributed by atoms with Crippen LogP contribution in [0.2, 0.25) is 5.02 Å². The van der Waals surface area contributed by atoms with E-state index in [0.717, 1.165) is 0 Å². The summed E-state index contributed by atoms with van der Waals surface area (Å²) in [6.07, 6.45) is 0. The number of halogens is 1. The highest BCUT2D eigenvalue weighted by molar-refractivity contribution is 6.34. The lowest BCUT2D eigenvalue weighted by molar-refractivity contribution is -0.384. The maximum Gasteiger partial charge on any atom is 0.296 e. The minimum atomic E-state index is -0.670. The number of anilines is 2. The topological polar surface area (TPSA) is 120 Å². The molecule has 142 valence electrons. The van der Waals surface area contributed by atoms with E-state index >= 15 is 0 Å². The number of carbonyl (C=O) groups excluding carboxylic acids is 2. The zero-order valence-corrected chi connectivity index (χ0v) is 15.4. The molecule has 0 aliphatic carbocycles. The molecule has 2 amide bonds. The lowest BCUT2D eigenvalue weighted by Crippen LogP contribution is -2.15. The van der Waals surface area contributed by atoms with Crippen molar-refractivity contribution in [3.8, 4) is 11.5 Å². The van der Waals surface area contributed by atoms with Gasteiger partial charge in [-0.2, -0.15) is 0 Å². The monoisotopic (exact) mass is 393 g/mol. The first-order valence-electron chi connectivity index (χ1n) is 7.55. The van der Waals surface area contributed by atoms with Crippen molar-refractivity contribution in [1.29, 1.82) is 0 Å². The minimum absolute atomic E-state index is 0.0186. The molecule has 0 atom stereocenters. The molecule has 0 aliphatic heterocycles. The lowest BCUT2D eigenvalue weighted by atomic mass is 10.1. The summed E-state index contributed by atoms with van der Waals surface area (Å²) in [6.45, 7) is 1.31. The Morgan fingerprint density at radius 3 is 2.33 bits per heavy atom. The van der Waals surface area contributed by atoms with Crippen molar-refractivity contribution in [2.75, 3.05) is 24.9 Å². The van der Waals surface area contributed by atoms with Crippen molar-refractivity contribution in [2.45, 2.75) is 6.92 Å². The third kappa shape index (κ3) is 4.64. The van der Waals surface area contributed by atoms with Gasteiger partial charge in [-0.25, -0.2) is 0 Å². The average Bonchev–Trinajstić information content (AvgIpc) is 2.62. The zero-order valence-electron chi connectivity index (χ0n) is 14.7. The van der Waals surface area contributed by atoms with E-state index in [2.05, 4.69) is 10.6 Å². The van der Waals surface area contributed by atoms with Crippen LogP contribution in [0.1, 0.15) is 17.3 Å². The molecule has 0 aliphatic rings. The number of hydrogen-bond donors (Lipinski definition) is 2. The smallest absolute Gasteiger partial charge is 0.296 e. The van der Waals surface area contributed by atoms with Crippen LogP contribution >= 0.6 is 11.6 Å². The van der Waals surface area contributed by atoms with E-state index in [4.69, 9.17) is 21.1 Å². The molecule has 27 heavy (non-hydrogen) atoms. The van der Waals surface area contributed by atoms with Crippen LogP contribution in [0.15, 0.2) is 30.3 Å². The number of amides is 2. The molecule has 2 rings (SSSR count). The SMILES string of the molecule is COc1ccc(NC(=O)c2cc(Cl)c(NC(C)=O)cc2OC)c([N+](=O)[O-])c1. The highest BCUT2D eigenvalue weighted by atomic mass is 35.5. The molecule has 0 unspecified atom stereocenters. The van der Waals surface area contributed by atoms with E-state index in [-0.39, 0.29) is 45.1 Å². The molecule has 0 bridgehead atoms. The molecule has 0 heterocycles. The van der Waals surface area contributed by atoms with Crippen LogP contribution in [-0.2, 0) is 4.79 Å². The second kappa shape index (κ2) is 8.37. The molecule has 0 radical (unpaired) electrons. The molecule has 0 saturated carbocycles. The number of benzene rings is 2. The van der Waals surface area contributed by atoms with Gasteiger partial charge in [0.15, 0.2) is 0 Å². The molecular weight excluding hydrogens is 378 g/mol. The van der Waals surface area contributed by atoms with Gasteiger partial charge in [0.05, 0.1) is 41.5 Å². The summed E-state index contributed by atoms with van der Waals surface area (Å²) in [7, 11) is 2.72. The number of hydrogen-bond acceptors (Lipinski definition) is 6. The zero-order chi connectivity index (χ0) is 20.1. The second-order valence-corrected chi connectivity index (χ2v) is 5.72. The number of nitrogens with one attached hydrogen (secondary N) is 2. The summed E-state index contributed by atoms with van der Waals surface area (Å²) in [6, 6.07) is 6.72. The molecule has 9 nitrogen and oxygen atoms in total. The van der Waals surface area contributed by atoms with E-state index in [1.807, 2.05) is 0 Å². The van der Waals surface area contributed by atoms with E-state index < -0.39 is 10.8 Å². The van der Waals surface area contributed by atoms with Gasteiger partial charge >= 0.3 is 0 Å². The fourth-order valence-corrected chi connectivity index (χ4v) is 2.48. The van der Waals surface area contributed by atoms with Crippen LogP contribution in [0, 0.1) is 10.1 Å². The van der Waals surface area contributed by atoms with Gasteiger partial charge in [-0.1, -0.05) is 11.6 Å². The summed E-state index contributed by atoms with van der Waals surface area (Å²) in [4.78, 5) is 34.4. The van der Waals surface area contributed by atoms with Gasteiger partial charge < -0.3 is 20.1 Å². The van der Waals surface area contributed by atoms with E-state index in [9.17, 15) is 19.7 Å². The Balaban J connectivity index is 2.40. The maximum absolute atomic E-state index is 12.6. The van der Waals surface area contributed by atoms with E-state index in [1.54, 1.807) is 0 Å². The van der Waals surface area contributed by atoms with Gasteiger partial charge in [0, 0.05) is 13.0 Å². The quantitative estimate of drug-likeness (QED) is 0.572. The van der Waals surface area contributed by atoms with Gasteiger partial charge in [-0.15, -0.1) is 0 Å². The predicted molar refractivity (Wildman–Crippen MR) is 99.9 cm³/mol. The van der Waals surface area contributed by atoms with Gasteiger partial charge in [-0.3, -0.25) is 19.7 Å². The summed E-state index contributed by atoms with van der Waals surface area (Å²) in [5, 5.41) is 16.3. The van der Waals surface area contributed by atoms with Crippen LogP contribution < -0.4 is 20.1 Å². The molecule has 2 aromatic rings. The van der Waals surface area contributed by atoms with Crippen LogP contribution in [0.5, 0.6) is 11.5 Å². The van der Waals surface area contributed by atoms with E-state index in [0.29, 0.717) is 0 Å². The number of nitrogens with zero attached hydrogens (tertiary/aromatic N) is 1. The number of carbonyl (C=O) groups is 2. The van der Waals surface area contributed by atoms with Crippen LogP contribution in [0.25, 0.3) is 0 Å². The van der Waals surface area contributed by atoms with Gasteiger partial charge in [-0.05, 0) is 18.2 Å². The van der Waals surface area contributed by atoms with Crippen molar-refractivity contribution < 1.29 is 24.0 Å². The van der Waals surface area contributed by atoms with Crippen LogP contribution in [0.3, 0.4) is 0 Å². The number of rotatable bonds is 6. The Kier molecular flexibility index (Phi) is 6.19. The summed E-state index contributed by atoms with van der Waals surface area (Å²) >= 11 is 6.10. The van der Waals surface area contributed by atoms with Crippen LogP contribution in [0.4, 0.5) is 17.1 Å². The number of nitro groups is 1. The standard InChI is InChI=1S/C17H16ClN3O6/c1-9(22)19-14-8-16(27-3)11(7-12(14)18)17(23)20-13-5-4-10(26-2)6-15(13)21(24)25/h4-8H,1-3H3,(H,19,22)(H,20,23). The molecule has 0 aromatic heterocycles. The van der Waals surface area contributed by atoms with Crippen molar-refractivity contribution in [3.63, 3.8) is 0 Å². The van der Waals surface area contributed by atoms with Crippen molar-refractivity contribution in [3.05, 3.63) is 51.0 Å². The van der Waals surface area contributed by atoms with E-state index in [1.165, 1.54) is 51.5 Å². The Morgan fingerprint density at radius 1 is 1.07 bits per heavy atom. The Morgan fingerprint density at radius 2 is 1.78 bits per heavy atom. The number of nitro benzene ring substituents is 1. The predicted octanol–water partition coefficient (Wildman–Crippen LogP) is 3.48. The molecular formula is C17H16ClN3O6. The number of ether oxygens (including phenoxy) is 2. The van der Waals surface area contributed by atoms with Crippen LogP contribution in [-0.4, -0.2) is 31.0 Å². The van der Waals surface area contributed by atoms with Crippen molar-refractivity contribution >= 4 is 40.5 Å². The normalized spacial score (nSPS) is 10.1. The molecule has 0 fully saturated rings. The fraction of sp³-hybridized carbons (Fsp3) is 0.176. The molecule has 2 N–H and O–H groups in total. The highest BCUT2D eigenvalue weighted by Crippen LogP contribution is 2.33. The third-order valence-corrected chi connectivity index (χ3v) is 3.81. The molecule has 0 saturated heterocycles. The van der Waals surface area contributed by atoms with Gasteiger partial charge in [0.25, 0.3) is 11.6 Å². The summed E-state index contributed by atoms with van der Waals surface area (Å²) in [5.74, 6) is -0.599. The average molecular weight is 394 g/mol. The second-order valence-electron chi connectivity index (χ2n) is 5.31. The first kappa shape index (κ1) is 20.0. The molecule has 10 heteroatoms. The first-order chi connectivity index (χ1) is 12.8. The highest BCUT2D eigenvalue weighted by Gasteiger charge is 2.21. The summed E-state index contributed by atoms with van der Waals surface area (Å²) in [5.41, 5.74) is -0.0349. The Labute approximate surface area is 159 Å². The lowest BCUT2D eigenvalue weighted by Gasteiger charge is -2.13. The number of methoxy groups -OCH3 is 2. The maximum atomic E-state index is 12.6. The molecule has 2 aromatic carbocycles. The van der Waals surface area contributed by atoms with Gasteiger partial charge in [0.2, 0.25) is 5.91 Å². The fourth-order valence-electron chi connectivity index (χ4n) is 2.27. The van der Waals surface area contributed by atoms with Crippen molar-refractivity contribution in [1.82, 2.24) is 0 Å². The Hall–Kier alpha value is -3.33. The van der Waals surface area contributed by atoms with Crippen molar-refractivity contribution in [2.24, 2.45) is 0 Å². The third-order valence-electron chi connectivity index (χ3n) is 3.49.